The smallest absolute Gasteiger partial charge is 0.259 e. The van der Waals surface area contributed by atoms with E-state index in [1.165, 1.54) is 6.20 Å². The molecule has 2 heterocycles. The summed E-state index contributed by atoms with van der Waals surface area (Å²) in [6.45, 7) is 2.49. The summed E-state index contributed by atoms with van der Waals surface area (Å²) < 4.78 is 0. The van der Waals surface area contributed by atoms with E-state index in [4.69, 9.17) is 5.84 Å². The number of nitrogens with one attached hydrogen (secondary N) is 1. The van der Waals surface area contributed by atoms with Crippen LogP contribution in [0.25, 0.3) is 0 Å². The number of amides is 1. The molecular formula is C13H15N5O. The molecule has 0 aliphatic heterocycles. The van der Waals surface area contributed by atoms with Crippen molar-refractivity contribution in [2.24, 2.45) is 5.84 Å². The Hall–Kier alpha value is -2.47. The van der Waals surface area contributed by atoms with Gasteiger partial charge in [0.05, 0.1) is 5.56 Å². The van der Waals surface area contributed by atoms with Crippen LogP contribution in [-0.4, -0.2) is 22.4 Å². The summed E-state index contributed by atoms with van der Waals surface area (Å²) >= 11 is 0. The number of hydrazine groups is 1. The molecule has 0 aromatic carbocycles. The van der Waals surface area contributed by atoms with Gasteiger partial charge in [0.25, 0.3) is 5.91 Å². The van der Waals surface area contributed by atoms with Crippen LogP contribution in [0.5, 0.6) is 0 Å². The van der Waals surface area contributed by atoms with Crippen LogP contribution in [0, 0.1) is 0 Å². The fraction of sp³-hybridized carbons (Fsp3) is 0.154. The lowest BCUT2D eigenvalue weighted by Crippen LogP contribution is -2.30. The van der Waals surface area contributed by atoms with Crippen LogP contribution in [0.15, 0.2) is 42.9 Å². The molecule has 0 aliphatic rings. The van der Waals surface area contributed by atoms with Gasteiger partial charge >= 0.3 is 0 Å². The highest BCUT2D eigenvalue weighted by molar-refractivity contribution is 6.05. The second-order valence-electron chi connectivity index (χ2n) is 3.83. The molecule has 1 amide bonds. The topological polar surface area (TPSA) is 84.1 Å². The molecule has 0 unspecified atom stereocenters. The molecule has 98 valence electrons. The predicted octanol–water partition coefficient (Wildman–Crippen LogP) is 1.43. The van der Waals surface area contributed by atoms with Gasteiger partial charge in [-0.25, -0.2) is 10.8 Å². The SMILES string of the molecule is CCN(C(=O)c1ccc(NN)nc1)c1ccncc1. The van der Waals surface area contributed by atoms with Gasteiger partial charge in [0.1, 0.15) is 5.82 Å². The van der Waals surface area contributed by atoms with Gasteiger partial charge < -0.3 is 10.3 Å². The zero-order valence-electron chi connectivity index (χ0n) is 10.6. The van der Waals surface area contributed by atoms with E-state index in [1.54, 1.807) is 41.6 Å². The Morgan fingerprint density at radius 2 is 2.05 bits per heavy atom. The lowest BCUT2D eigenvalue weighted by molar-refractivity contribution is 0.0988. The van der Waals surface area contributed by atoms with Crippen molar-refractivity contribution in [1.82, 2.24) is 9.97 Å². The number of rotatable bonds is 4. The first-order valence-electron chi connectivity index (χ1n) is 5.90. The Labute approximate surface area is 111 Å². The summed E-state index contributed by atoms with van der Waals surface area (Å²) in [6, 6.07) is 6.94. The number of carbonyl (C=O) groups is 1. The first-order chi connectivity index (χ1) is 9.26. The van der Waals surface area contributed by atoms with Crippen molar-refractivity contribution in [3.8, 4) is 0 Å². The Morgan fingerprint density at radius 3 is 2.58 bits per heavy atom. The minimum absolute atomic E-state index is 0.107. The van der Waals surface area contributed by atoms with Crippen LogP contribution < -0.4 is 16.2 Å². The molecule has 3 N–H and O–H groups in total. The van der Waals surface area contributed by atoms with E-state index in [1.807, 2.05) is 6.92 Å². The molecular weight excluding hydrogens is 242 g/mol. The Morgan fingerprint density at radius 1 is 1.32 bits per heavy atom. The van der Waals surface area contributed by atoms with Crippen molar-refractivity contribution in [2.45, 2.75) is 6.92 Å². The molecule has 0 atom stereocenters. The fourth-order valence-corrected chi connectivity index (χ4v) is 1.73. The van der Waals surface area contributed by atoms with Crippen LogP contribution in [0.2, 0.25) is 0 Å². The van der Waals surface area contributed by atoms with Gasteiger partial charge in [-0.15, -0.1) is 0 Å². The Kier molecular flexibility index (Phi) is 4.04. The molecule has 2 aromatic heterocycles. The van der Waals surface area contributed by atoms with E-state index in [9.17, 15) is 4.79 Å². The molecule has 6 nitrogen and oxygen atoms in total. The minimum atomic E-state index is -0.107. The minimum Gasteiger partial charge on any atom is -0.308 e. The molecule has 0 bridgehead atoms. The molecule has 0 spiro atoms. The van der Waals surface area contributed by atoms with E-state index in [0.29, 0.717) is 17.9 Å². The number of hydrogen-bond acceptors (Lipinski definition) is 5. The number of aromatic nitrogens is 2. The predicted molar refractivity (Wildman–Crippen MR) is 73.6 cm³/mol. The first kappa shape index (κ1) is 13.0. The molecule has 2 rings (SSSR count). The number of pyridine rings is 2. The maximum Gasteiger partial charge on any atom is 0.259 e. The standard InChI is InChI=1S/C13H15N5O/c1-2-18(11-5-7-15-8-6-11)13(19)10-3-4-12(17-14)16-9-10/h3-9H,2,14H2,1H3,(H,16,17). The van der Waals surface area contributed by atoms with Gasteiger partial charge in [0.2, 0.25) is 0 Å². The average Bonchev–Trinajstić information content (AvgIpc) is 2.49. The van der Waals surface area contributed by atoms with Crippen molar-refractivity contribution in [3.05, 3.63) is 48.4 Å². The molecule has 0 saturated heterocycles. The van der Waals surface area contributed by atoms with Gasteiger partial charge in [-0.05, 0) is 31.2 Å². The highest BCUT2D eigenvalue weighted by Crippen LogP contribution is 2.16. The van der Waals surface area contributed by atoms with Crippen molar-refractivity contribution in [1.29, 1.82) is 0 Å². The summed E-state index contributed by atoms with van der Waals surface area (Å²) in [7, 11) is 0. The number of nitrogen functional groups attached to an aromatic ring is 1. The van der Waals surface area contributed by atoms with Crippen LogP contribution in [0.3, 0.4) is 0 Å². The summed E-state index contributed by atoms with van der Waals surface area (Å²) in [6.07, 6.45) is 4.82. The molecule has 6 heteroatoms. The molecule has 0 fully saturated rings. The van der Waals surface area contributed by atoms with Gasteiger partial charge in [-0.3, -0.25) is 9.78 Å². The summed E-state index contributed by atoms with van der Waals surface area (Å²) in [5.41, 5.74) is 3.74. The van der Waals surface area contributed by atoms with Crippen molar-refractivity contribution in [3.63, 3.8) is 0 Å². The van der Waals surface area contributed by atoms with E-state index in [2.05, 4.69) is 15.4 Å². The maximum absolute atomic E-state index is 12.4. The number of nitrogens with two attached hydrogens (primary N) is 1. The van der Waals surface area contributed by atoms with Gasteiger partial charge in [-0.1, -0.05) is 0 Å². The lowest BCUT2D eigenvalue weighted by atomic mass is 10.2. The number of anilines is 2. The van der Waals surface area contributed by atoms with Gasteiger partial charge in [0.15, 0.2) is 0 Å². The third-order valence-corrected chi connectivity index (χ3v) is 2.69. The third kappa shape index (κ3) is 2.86. The highest BCUT2D eigenvalue weighted by atomic mass is 16.2. The second kappa shape index (κ2) is 5.92. The average molecular weight is 257 g/mol. The molecule has 0 saturated carbocycles. The number of carbonyl (C=O) groups excluding carboxylic acids is 1. The van der Waals surface area contributed by atoms with Gasteiger partial charge in [0, 0.05) is 30.8 Å². The molecule has 19 heavy (non-hydrogen) atoms. The zero-order chi connectivity index (χ0) is 13.7. The molecule has 0 aliphatic carbocycles. The summed E-state index contributed by atoms with van der Waals surface area (Å²) in [4.78, 5) is 22.0. The van der Waals surface area contributed by atoms with Crippen LogP contribution in [0.4, 0.5) is 11.5 Å². The number of hydrogen-bond donors (Lipinski definition) is 2. The molecule has 2 aromatic rings. The lowest BCUT2D eigenvalue weighted by Gasteiger charge is -2.20. The van der Waals surface area contributed by atoms with Gasteiger partial charge in [-0.2, -0.15) is 0 Å². The highest BCUT2D eigenvalue weighted by Gasteiger charge is 2.16. The van der Waals surface area contributed by atoms with E-state index < -0.39 is 0 Å². The van der Waals surface area contributed by atoms with Crippen LogP contribution in [-0.2, 0) is 0 Å². The van der Waals surface area contributed by atoms with Crippen molar-refractivity contribution in [2.75, 3.05) is 16.9 Å². The van der Waals surface area contributed by atoms with Crippen LogP contribution in [0.1, 0.15) is 17.3 Å². The van der Waals surface area contributed by atoms with E-state index in [0.717, 1.165) is 5.69 Å². The summed E-state index contributed by atoms with van der Waals surface area (Å²) in [5, 5.41) is 0. The Bertz CT molecular complexity index is 541. The maximum atomic E-state index is 12.4. The van der Waals surface area contributed by atoms with E-state index in [-0.39, 0.29) is 5.91 Å². The van der Waals surface area contributed by atoms with Crippen LogP contribution >= 0.6 is 0 Å². The van der Waals surface area contributed by atoms with Crippen molar-refractivity contribution >= 4 is 17.4 Å². The number of nitrogens with zero attached hydrogens (tertiary/aromatic N) is 3. The van der Waals surface area contributed by atoms with E-state index >= 15 is 0 Å². The quantitative estimate of drug-likeness (QED) is 0.639. The monoisotopic (exact) mass is 257 g/mol. The fourth-order valence-electron chi connectivity index (χ4n) is 1.73. The largest absolute Gasteiger partial charge is 0.308 e. The Balaban J connectivity index is 2.25. The molecule has 0 radical (unpaired) electrons. The van der Waals surface area contributed by atoms with Crippen molar-refractivity contribution < 1.29 is 4.79 Å². The zero-order valence-corrected chi connectivity index (χ0v) is 10.6. The summed E-state index contributed by atoms with van der Waals surface area (Å²) in [5.74, 6) is 5.65. The first-order valence-corrected chi connectivity index (χ1v) is 5.90. The normalized spacial score (nSPS) is 10.0. The third-order valence-electron chi connectivity index (χ3n) is 2.69. The second-order valence-corrected chi connectivity index (χ2v) is 3.83.